The fraction of sp³-hybridized carbons (Fsp3) is 0.0588. The van der Waals surface area contributed by atoms with Gasteiger partial charge >= 0.3 is 0 Å². The number of rotatable bonds is 4. The third-order valence-corrected chi connectivity index (χ3v) is 11.9. The second-order valence-corrected chi connectivity index (χ2v) is 15.3. The number of fused-ring (bicyclic) bond motifs is 12. The fourth-order valence-corrected chi connectivity index (χ4v) is 9.19. The van der Waals surface area contributed by atoms with E-state index in [0.29, 0.717) is 0 Å². The van der Waals surface area contributed by atoms with Crippen LogP contribution in [0.1, 0.15) is 25.0 Å². The predicted octanol–water partition coefficient (Wildman–Crippen LogP) is 14.8. The van der Waals surface area contributed by atoms with E-state index in [9.17, 15) is 0 Å². The minimum Gasteiger partial charge on any atom is -0.456 e. The van der Waals surface area contributed by atoms with Crippen molar-refractivity contribution in [3.63, 3.8) is 0 Å². The standard InChI is InChI=1S/C51H33NO3/c1-51(2)41-18-8-6-14-33(41)34-25-23-32(27-42(34)51)52(43-19-10-16-37-35-15-7-9-21-45(35)54-49(37)43)44-20-11-17-38-40-29-47-39(28-48(40)55-50(38)44)36-24-22-31(26-46(36)53-47)30-12-4-3-5-13-30/h3-29H,1-2H3. The van der Waals surface area contributed by atoms with E-state index < -0.39 is 0 Å². The lowest BCUT2D eigenvalue weighted by Gasteiger charge is -2.28. The van der Waals surface area contributed by atoms with Gasteiger partial charge < -0.3 is 18.2 Å². The predicted molar refractivity (Wildman–Crippen MR) is 226 cm³/mol. The highest BCUT2D eigenvalue weighted by molar-refractivity contribution is 6.18. The Bertz CT molecular complexity index is 3360. The van der Waals surface area contributed by atoms with Gasteiger partial charge in [0.15, 0.2) is 11.2 Å². The molecule has 3 heterocycles. The molecule has 0 radical (unpaired) electrons. The molecule has 11 aromatic rings. The highest BCUT2D eigenvalue weighted by Crippen LogP contribution is 2.52. The van der Waals surface area contributed by atoms with Crippen molar-refractivity contribution in [2.45, 2.75) is 19.3 Å². The van der Waals surface area contributed by atoms with Gasteiger partial charge in [0.05, 0.1) is 11.4 Å². The lowest BCUT2D eigenvalue weighted by molar-refractivity contribution is 0.660. The van der Waals surface area contributed by atoms with Gasteiger partial charge in [-0.05, 0) is 88.0 Å². The number of para-hydroxylation sites is 3. The highest BCUT2D eigenvalue weighted by atomic mass is 16.3. The Hall–Kier alpha value is -7.04. The minimum absolute atomic E-state index is 0.164. The molecular formula is C51H33NO3. The average Bonchev–Trinajstić information content (AvgIpc) is 3.96. The largest absolute Gasteiger partial charge is 0.456 e. The fourth-order valence-electron chi connectivity index (χ4n) is 9.19. The van der Waals surface area contributed by atoms with Gasteiger partial charge in [-0.2, -0.15) is 0 Å². The molecule has 3 aromatic heterocycles. The summed E-state index contributed by atoms with van der Waals surface area (Å²) in [6.45, 7) is 4.65. The van der Waals surface area contributed by atoms with Gasteiger partial charge in [0.25, 0.3) is 0 Å². The molecule has 0 unspecified atom stereocenters. The molecule has 1 aliphatic carbocycles. The average molecular weight is 708 g/mol. The molecule has 0 bridgehead atoms. The molecule has 0 atom stereocenters. The van der Waals surface area contributed by atoms with Gasteiger partial charge in [0, 0.05) is 43.4 Å². The van der Waals surface area contributed by atoms with Crippen LogP contribution in [-0.2, 0) is 5.41 Å². The van der Waals surface area contributed by atoms with Crippen LogP contribution in [0.4, 0.5) is 17.1 Å². The Morgan fingerprint density at radius 2 is 0.982 bits per heavy atom. The maximum absolute atomic E-state index is 6.97. The molecule has 4 heteroatoms. The number of anilines is 3. The second kappa shape index (κ2) is 11.0. The van der Waals surface area contributed by atoms with Gasteiger partial charge in [-0.25, -0.2) is 0 Å². The van der Waals surface area contributed by atoms with Crippen molar-refractivity contribution in [2.75, 3.05) is 4.90 Å². The van der Waals surface area contributed by atoms with E-state index in [1.165, 1.54) is 22.3 Å². The second-order valence-electron chi connectivity index (χ2n) is 15.3. The molecule has 12 rings (SSSR count). The number of benzene rings is 8. The molecule has 0 fully saturated rings. The van der Waals surface area contributed by atoms with E-state index >= 15 is 0 Å². The molecule has 4 nitrogen and oxygen atoms in total. The number of furan rings is 3. The summed E-state index contributed by atoms with van der Waals surface area (Å²) in [7, 11) is 0. The summed E-state index contributed by atoms with van der Waals surface area (Å²) in [4.78, 5) is 2.32. The molecule has 8 aromatic carbocycles. The molecule has 0 aliphatic heterocycles. The SMILES string of the molecule is CC1(C)c2ccccc2-c2ccc(N(c3cccc4c3oc3ccccc34)c3cccc4c3oc3cc5c(cc34)oc3cc(-c4ccccc4)ccc35)cc21. The number of hydrogen-bond acceptors (Lipinski definition) is 4. The first-order valence-electron chi connectivity index (χ1n) is 18.8. The number of hydrogen-bond donors (Lipinski definition) is 0. The summed E-state index contributed by atoms with van der Waals surface area (Å²) < 4.78 is 20.2. The van der Waals surface area contributed by atoms with E-state index in [2.05, 4.69) is 164 Å². The van der Waals surface area contributed by atoms with E-state index in [1.807, 2.05) is 18.2 Å². The lowest BCUT2D eigenvalue weighted by Crippen LogP contribution is -2.16. The van der Waals surface area contributed by atoms with E-state index in [1.54, 1.807) is 0 Å². The van der Waals surface area contributed by atoms with Gasteiger partial charge in [-0.15, -0.1) is 0 Å². The van der Waals surface area contributed by atoms with Gasteiger partial charge in [0.2, 0.25) is 0 Å². The molecule has 0 saturated carbocycles. The topological polar surface area (TPSA) is 42.7 Å². The van der Waals surface area contributed by atoms with Crippen LogP contribution in [-0.4, -0.2) is 0 Å². The summed E-state index contributed by atoms with van der Waals surface area (Å²) >= 11 is 0. The van der Waals surface area contributed by atoms with Crippen molar-refractivity contribution in [3.05, 3.63) is 175 Å². The van der Waals surface area contributed by atoms with Crippen LogP contribution in [0.15, 0.2) is 177 Å². The van der Waals surface area contributed by atoms with Crippen LogP contribution in [0.3, 0.4) is 0 Å². The minimum atomic E-state index is -0.164. The van der Waals surface area contributed by atoms with Crippen molar-refractivity contribution in [1.29, 1.82) is 0 Å². The molecule has 0 spiro atoms. The Balaban J connectivity index is 1.09. The van der Waals surface area contributed by atoms with Crippen LogP contribution < -0.4 is 4.90 Å². The zero-order valence-electron chi connectivity index (χ0n) is 30.3. The third-order valence-electron chi connectivity index (χ3n) is 11.9. The van der Waals surface area contributed by atoms with Crippen molar-refractivity contribution in [3.8, 4) is 22.3 Å². The van der Waals surface area contributed by atoms with E-state index in [0.717, 1.165) is 94.0 Å². The van der Waals surface area contributed by atoms with Crippen molar-refractivity contribution in [1.82, 2.24) is 0 Å². The van der Waals surface area contributed by atoms with Gasteiger partial charge in [0.1, 0.15) is 22.3 Å². The highest BCUT2D eigenvalue weighted by Gasteiger charge is 2.36. The smallest absolute Gasteiger partial charge is 0.159 e. The summed E-state index contributed by atoms with van der Waals surface area (Å²) in [5, 5.41) is 6.31. The molecule has 260 valence electrons. The molecule has 55 heavy (non-hydrogen) atoms. The number of nitrogens with zero attached hydrogens (tertiary/aromatic N) is 1. The maximum Gasteiger partial charge on any atom is 0.159 e. The zero-order chi connectivity index (χ0) is 36.4. The summed E-state index contributed by atoms with van der Waals surface area (Å²) in [5.41, 5.74) is 15.3. The van der Waals surface area contributed by atoms with Crippen LogP contribution in [0, 0.1) is 0 Å². The molecular weight excluding hydrogens is 675 g/mol. The first kappa shape index (κ1) is 30.4. The third kappa shape index (κ3) is 4.28. The van der Waals surface area contributed by atoms with Crippen LogP contribution in [0.2, 0.25) is 0 Å². The van der Waals surface area contributed by atoms with Crippen LogP contribution >= 0.6 is 0 Å². The van der Waals surface area contributed by atoms with Crippen molar-refractivity contribution >= 4 is 82.9 Å². The van der Waals surface area contributed by atoms with Crippen LogP contribution in [0.5, 0.6) is 0 Å². The zero-order valence-corrected chi connectivity index (χ0v) is 30.3. The lowest BCUT2D eigenvalue weighted by atomic mass is 9.82. The Morgan fingerprint density at radius 3 is 1.80 bits per heavy atom. The molecule has 0 N–H and O–H groups in total. The molecule has 1 aliphatic rings. The first-order valence-corrected chi connectivity index (χ1v) is 18.8. The Morgan fingerprint density at radius 1 is 0.382 bits per heavy atom. The van der Waals surface area contributed by atoms with E-state index in [-0.39, 0.29) is 5.41 Å². The van der Waals surface area contributed by atoms with Crippen LogP contribution in [0.25, 0.3) is 88.1 Å². The van der Waals surface area contributed by atoms with Gasteiger partial charge in [-0.1, -0.05) is 123 Å². The summed E-state index contributed by atoms with van der Waals surface area (Å²) in [6, 6.07) is 58.0. The summed E-state index contributed by atoms with van der Waals surface area (Å²) in [5.74, 6) is 0. The molecule has 0 saturated heterocycles. The normalized spacial score (nSPS) is 13.4. The van der Waals surface area contributed by atoms with E-state index in [4.69, 9.17) is 13.3 Å². The monoisotopic (exact) mass is 707 g/mol. The van der Waals surface area contributed by atoms with Gasteiger partial charge in [-0.3, -0.25) is 0 Å². The van der Waals surface area contributed by atoms with Crippen molar-refractivity contribution in [2.24, 2.45) is 0 Å². The first-order chi connectivity index (χ1) is 27.0. The quantitative estimate of drug-likeness (QED) is 0.183. The summed E-state index contributed by atoms with van der Waals surface area (Å²) in [6.07, 6.45) is 0. The Labute approximate surface area is 316 Å². The molecule has 0 amide bonds. The maximum atomic E-state index is 6.97. The Kier molecular flexibility index (Phi) is 6.09. The van der Waals surface area contributed by atoms with Crippen molar-refractivity contribution < 1.29 is 13.3 Å².